The van der Waals surface area contributed by atoms with Crippen molar-refractivity contribution < 1.29 is 9.90 Å². The van der Waals surface area contributed by atoms with Crippen LogP contribution in [0.5, 0.6) is 0 Å². The number of ketones is 1. The van der Waals surface area contributed by atoms with Gasteiger partial charge in [-0.15, -0.1) is 11.6 Å². The first-order chi connectivity index (χ1) is 4.69. The summed E-state index contributed by atoms with van der Waals surface area (Å²) in [5, 5.41) is 9.33. The highest BCUT2D eigenvalue weighted by Gasteiger charge is 2.30. The Morgan fingerprint density at radius 3 is 2.70 bits per heavy atom. The number of hydrogen-bond acceptors (Lipinski definition) is 2. The molecule has 0 aromatic heterocycles. The monoisotopic (exact) mass is 158 g/mol. The standard InChI is InChI=1S/C7H7ClO2/c8-5-7(10)4-2-1-3-6(7)9/h1-4,10H,5H2. The summed E-state index contributed by atoms with van der Waals surface area (Å²) in [6, 6.07) is 0. The second kappa shape index (κ2) is 2.56. The van der Waals surface area contributed by atoms with E-state index in [0.29, 0.717) is 0 Å². The molecule has 0 aliphatic heterocycles. The van der Waals surface area contributed by atoms with Crippen LogP contribution < -0.4 is 0 Å². The highest BCUT2D eigenvalue weighted by Crippen LogP contribution is 2.14. The van der Waals surface area contributed by atoms with Crippen molar-refractivity contribution in [3.8, 4) is 0 Å². The van der Waals surface area contributed by atoms with E-state index in [-0.39, 0.29) is 11.7 Å². The van der Waals surface area contributed by atoms with Gasteiger partial charge >= 0.3 is 0 Å². The minimum absolute atomic E-state index is 0.0906. The number of alkyl halides is 1. The molecule has 0 fully saturated rings. The van der Waals surface area contributed by atoms with Crippen molar-refractivity contribution in [2.75, 3.05) is 5.88 Å². The molecule has 54 valence electrons. The van der Waals surface area contributed by atoms with Gasteiger partial charge in [-0.2, -0.15) is 0 Å². The van der Waals surface area contributed by atoms with Gasteiger partial charge in [0.05, 0.1) is 5.88 Å². The zero-order valence-corrected chi connectivity index (χ0v) is 6.01. The average Bonchev–Trinajstić information content (AvgIpc) is 1.96. The second-order valence-corrected chi connectivity index (χ2v) is 2.41. The van der Waals surface area contributed by atoms with Crippen molar-refractivity contribution in [1.82, 2.24) is 0 Å². The quantitative estimate of drug-likeness (QED) is 0.569. The predicted octanol–water partition coefficient (Wildman–Crippen LogP) is 0.651. The molecular weight excluding hydrogens is 152 g/mol. The van der Waals surface area contributed by atoms with Crippen molar-refractivity contribution in [3.05, 3.63) is 24.3 Å². The lowest BCUT2D eigenvalue weighted by atomic mass is 9.96. The lowest BCUT2D eigenvalue weighted by Crippen LogP contribution is -2.38. The second-order valence-electron chi connectivity index (χ2n) is 2.14. The molecule has 1 N–H and O–H groups in total. The summed E-state index contributed by atoms with van der Waals surface area (Å²) in [7, 11) is 0. The third-order valence-electron chi connectivity index (χ3n) is 1.36. The summed E-state index contributed by atoms with van der Waals surface area (Å²) in [5.41, 5.74) is -1.46. The van der Waals surface area contributed by atoms with Gasteiger partial charge in [0.2, 0.25) is 0 Å². The van der Waals surface area contributed by atoms with Gasteiger partial charge in [0.15, 0.2) is 11.4 Å². The van der Waals surface area contributed by atoms with Crippen LogP contribution in [-0.4, -0.2) is 22.4 Å². The first-order valence-electron chi connectivity index (χ1n) is 2.88. The molecule has 10 heavy (non-hydrogen) atoms. The summed E-state index contributed by atoms with van der Waals surface area (Å²) >= 11 is 5.36. The van der Waals surface area contributed by atoms with Crippen LogP contribution in [0.3, 0.4) is 0 Å². The summed E-state index contributed by atoms with van der Waals surface area (Å²) < 4.78 is 0. The largest absolute Gasteiger partial charge is 0.376 e. The normalized spacial score (nSPS) is 31.2. The fraction of sp³-hybridized carbons (Fsp3) is 0.286. The molecule has 0 aromatic rings. The van der Waals surface area contributed by atoms with E-state index >= 15 is 0 Å². The van der Waals surface area contributed by atoms with Gasteiger partial charge in [0, 0.05) is 0 Å². The van der Waals surface area contributed by atoms with E-state index in [9.17, 15) is 9.90 Å². The van der Waals surface area contributed by atoms with Crippen molar-refractivity contribution in [1.29, 1.82) is 0 Å². The Labute approximate surface area is 63.8 Å². The molecule has 0 saturated carbocycles. The molecule has 0 saturated heterocycles. The zero-order valence-electron chi connectivity index (χ0n) is 5.25. The topological polar surface area (TPSA) is 37.3 Å². The van der Waals surface area contributed by atoms with E-state index in [0.717, 1.165) is 0 Å². The molecule has 2 nitrogen and oxygen atoms in total. The smallest absolute Gasteiger partial charge is 0.192 e. The first-order valence-corrected chi connectivity index (χ1v) is 3.41. The molecule has 1 unspecified atom stereocenters. The Bertz CT molecular complexity index is 208. The average molecular weight is 159 g/mol. The number of rotatable bonds is 1. The SMILES string of the molecule is O=C1C=CC=CC1(O)CCl. The van der Waals surface area contributed by atoms with Gasteiger partial charge in [-0.3, -0.25) is 4.79 Å². The van der Waals surface area contributed by atoms with Crippen LogP contribution in [0.15, 0.2) is 24.3 Å². The number of carbonyl (C=O) groups is 1. The van der Waals surface area contributed by atoms with Crippen molar-refractivity contribution >= 4 is 17.4 Å². The maximum atomic E-state index is 10.9. The van der Waals surface area contributed by atoms with Crippen LogP contribution >= 0.6 is 11.6 Å². The van der Waals surface area contributed by atoms with E-state index < -0.39 is 5.60 Å². The Balaban J connectivity index is 2.88. The summed E-state index contributed by atoms with van der Waals surface area (Å²) in [6.07, 6.45) is 5.87. The number of aliphatic hydroxyl groups is 1. The molecule has 0 spiro atoms. The van der Waals surface area contributed by atoms with Crippen molar-refractivity contribution in [2.45, 2.75) is 5.60 Å². The van der Waals surface area contributed by atoms with E-state index in [2.05, 4.69) is 0 Å². The maximum Gasteiger partial charge on any atom is 0.192 e. The van der Waals surface area contributed by atoms with E-state index in [1.165, 1.54) is 12.2 Å². The molecule has 1 rings (SSSR count). The highest BCUT2D eigenvalue weighted by molar-refractivity contribution is 6.21. The molecule has 0 bridgehead atoms. The van der Waals surface area contributed by atoms with E-state index in [1.54, 1.807) is 12.2 Å². The number of hydrogen-bond donors (Lipinski definition) is 1. The van der Waals surface area contributed by atoms with Crippen LogP contribution in [0.1, 0.15) is 0 Å². The summed E-state index contributed by atoms with van der Waals surface area (Å²) in [6.45, 7) is 0. The third-order valence-corrected chi connectivity index (χ3v) is 1.77. The number of halogens is 1. The molecule has 0 aromatic carbocycles. The third kappa shape index (κ3) is 1.13. The fourth-order valence-electron chi connectivity index (χ4n) is 0.695. The Hall–Kier alpha value is -0.600. The lowest BCUT2D eigenvalue weighted by Gasteiger charge is -2.19. The van der Waals surface area contributed by atoms with Crippen LogP contribution in [0, 0.1) is 0 Å². The minimum Gasteiger partial charge on any atom is -0.376 e. The van der Waals surface area contributed by atoms with Crippen LogP contribution in [-0.2, 0) is 4.79 Å². The van der Waals surface area contributed by atoms with Crippen LogP contribution in [0.2, 0.25) is 0 Å². The van der Waals surface area contributed by atoms with Gasteiger partial charge in [0.1, 0.15) is 0 Å². The highest BCUT2D eigenvalue weighted by atomic mass is 35.5. The minimum atomic E-state index is -1.46. The van der Waals surface area contributed by atoms with Crippen LogP contribution in [0.4, 0.5) is 0 Å². The van der Waals surface area contributed by atoms with Gasteiger partial charge in [0.25, 0.3) is 0 Å². The van der Waals surface area contributed by atoms with Crippen molar-refractivity contribution in [2.24, 2.45) is 0 Å². The van der Waals surface area contributed by atoms with E-state index in [4.69, 9.17) is 11.6 Å². The molecule has 3 heteroatoms. The number of allylic oxidation sites excluding steroid dienone is 2. The molecule has 0 heterocycles. The molecule has 1 atom stereocenters. The molecule has 1 aliphatic rings. The maximum absolute atomic E-state index is 10.9. The van der Waals surface area contributed by atoms with E-state index in [1.807, 2.05) is 0 Å². The van der Waals surface area contributed by atoms with Gasteiger partial charge in [-0.05, 0) is 12.2 Å². The van der Waals surface area contributed by atoms with Gasteiger partial charge in [-0.25, -0.2) is 0 Å². The Morgan fingerprint density at radius 2 is 2.30 bits per heavy atom. The summed E-state index contributed by atoms with van der Waals surface area (Å²) in [5.74, 6) is -0.447. The molecule has 0 amide bonds. The first kappa shape index (κ1) is 7.51. The lowest BCUT2D eigenvalue weighted by molar-refractivity contribution is -0.126. The summed E-state index contributed by atoms with van der Waals surface area (Å²) in [4.78, 5) is 10.9. The molecule has 1 aliphatic carbocycles. The molecular formula is C7H7ClO2. The predicted molar refractivity (Wildman–Crippen MR) is 39.0 cm³/mol. The fourth-order valence-corrected chi connectivity index (χ4v) is 0.915. The van der Waals surface area contributed by atoms with Crippen molar-refractivity contribution in [3.63, 3.8) is 0 Å². The Kier molecular flexibility index (Phi) is 1.92. The Morgan fingerprint density at radius 1 is 1.60 bits per heavy atom. The number of carbonyl (C=O) groups excluding carboxylic acids is 1. The van der Waals surface area contributed by atoms with Gasteiger partial charge in [-0.1, -0.05) is 12.2 Å². The van der Waals surface area contributed by atoms with Crippen LogP contribution in [0.25, 0.3) is 0 Å². The van der Waals surface area contributed by atoms with Gasteiger partial charge < -0.3 is 5.11 Å². The zero-order chi connectivity index (χ0) is 7.61. The molecule has 0 radical (unpaired) electrons.